The molecule has 1 aromatic heterocycles. The van der Waals surface area contributed by atoms with Crippen molar-refractivity contribution in [3.05, 3.63) is 47.7 Å². The number of nitrogens with two attached hydrogens (primary N) is 1. The van der Waals surface area contributed by atoms with Crippen molar-refractivity contribution in [2.24, 2.45) is 0 Å². The van der Waals surface area contributed by atoms with E-state index in [1.165, 1.54) is 12.1 Å². The quantitative estimate of drug-likeness (QED) is 0.721. The monoisotopic (exact) mass is 273 g/mol. The molecule has 6 heteroatoms. The summed E-state index contributed by atoms with van der Waals surface area (Å²) in [5.41, 5.74) is 8.04. The van der Waals surface area contributed by atoms with Crippen LogP contribution in [0.5, 0.6) is 5.88 Å². The fraction of sp³-hybridized carbons (Fsp3) is 0.143. The zero-order chi connectivity index (χ0) is 14.5. The summed E-state index contributed by atoms with van der Waals surface area (Å²) in [4.78, 5) is 14.9. The smallest absolute Gasteiger partial charge is 0.335 e. The van der Waals surface area contributed by atoms with Crippen LogP contribution in [-0.2, 0) is 6.54 Å². The summed E-state index contributed by atoms with van der Waals surface area (Å²) in [6, 6.07) is 8.18. The van der Waals surface area contributed by atoms with Gasteiger partial charge in [-0.15, -0.1) is 0 Å². The fourth-order valence-corrected chi connectivity index (χ4v) is 1.71. The second kappa shape index (κ2) is 5.92. The van der Waals surface area contributed by atoms with Gasteiger partial charge in [0.2, 0.25) is 5.88 Å². The minimum atomic E-state index is -0.987. The van der Waals surface area contributed by atoms with E-state index in [0.29, 0.717) is 23.8 Å². The number of methoxy groups -OCH3 is 1. The molecule has 0 saturated heterocycles. The van der Waals surface area contributed by atoms with Crippen LogP contribution in [0.15, 0.2) is 36.5 Å². The predicted molar refractivity (Wildman–Crippen MR) is 75.9 cm³/mol. The summed E-state index contributed by atoms with van der Waals surface area (Å²) in [6.45, 7) is 0.492. The maximum atomic E-state index is 10.9. The summed E-state index contributed by atoms with van der Waals surface area (Å²) >= 11 is 0. The molecule has 0 bridgehead atoms. The van der Waals surface area contributed by atoms with Gasteiger partial charge in [-0.1, -0.05) is 0 Å². The number of aromatic carboxylic acids is 1. The normalized spacial score (nSPS) is 10.1. The molecule has 20 heavy (non-hydrogen) atoms. The molecule has 0 spiro atoms. The van der Waals surface area contributed by atoms with Crippen molar-refractivity contribution in [1.82, 2.24) is 4.98 Å². The lowest BCUT2D eigenvalue weighted by molar-refractivity contribution is 0.0697. The zero-order valence-corrected chi connectivity index (χ0v) is 11.0. The highest BCUT2D eigenvalue weighted by Crippen LogP contribution is 2.21. The first kappa shape index (κ1) is 13.7. The van der Waals surface area contributed by atoms with E-state index < -0.39 is 5.97 Å². The Bertz CT molecular complexity index is 629. The molecule has 1 heterocycles. The number of ether oxygens (including phenoxy) is 1. The molecule has 0 aliphatic carbocycles. The molecule has 2 aromatic rings. The number of hydrogen-bond donors (Lipinski definition) is 3. The van der Waals surface area contributed by atoms with Crippen molar-refractivity contribution < 1.29 is 14.6 Å². The largest absolute Gasteiger partial charge is 0.481 e. The van der Waals surface area contributed by atoms with Crippen molar-refractivity contribution in [3.8, 4) is 5.88 Å². The molecule has 0 saturated carbocycles. The van der Waals surface area contributed by atoms with Gasteiger partial charge in [-0.25, -0.2) is 9.78 Å². The van der Waals surface area contributed by atoms with Gasteiger partial charge in [0.05, 0.1) is 24.0 Å². The molecule has 0 unspecified atom stereocenters. The maximum absolute atomic E-state index is 10.9. The van der Waals surface area contributed by atoms with E-state index in [9.17, 15) is 4.79 Å². The number of rotatable bonds is 5. The van der Waals surface area contributed by atoms with Crippen molar-refractivity contribution >= 4 is 17.3 Å². The Balaban J connectivity index is 2.13. The summed E-state index contributed by atoms with van der Waals surface area (Å²) < 4.78 is 5.04. The van der Waals surface area contributed by atoms with Crippen LogP contribution in [0.25, 0.3) is 0 Å². The van der Waals surface area contributed by atoms with Gasteiger partial charge >= 0.3 is 5.97 Å². The first-order valence-corrected chi connectivity index (χ1v) is 5.96. The van der Waals surface area contributed by atoms with E-state index in [0.717, 1.165) is 5.56 Å². The minimum absolute atomic E-state index is 0.189. The van der Waals surface area contributed by atoms with Crippen molar-refractivity contribution in [3.63, 3.8) is 0 Å². The number of anilines is 2. The van der Waals surface area contributed by atoms with E-state index in [4.69, 9.17) is 15.6 Å². The van der Waals surface area contributed by atoms with Crippen molar-refractivity contribution in [1.29, 1.82) is 0 Å². The molecular formula is C14H15N3O3. The summed E-state index contributed by atoms with van der Waals surface area (Å²) in [5.74, 6) is -0.463. The van der Waals surface area contributed by atoms with Crippen LogP contribution >= 0.6 is 0 Å². The Kier molecular flexibility index (Phi) is 4.05. The predicted octanol–water partition coefficient (Wildman–Crippen LogP) is 1.98. The average molecular weight is 273 g/mol. The zero-order valence-electron chi connectivity index (χ0n) is 11.0. The van der Waals surface area contributed by atoms with Gasteiger partial charge in [-0.2, -0.15) is 0 Å². The van der Waals surface area contributed by atoms with Crippen LogP contribution in [0.2, 0.25) is 0 Å². The number of carbonyl (C=O) groups is 1. The van der Waals surface area contributed by atoms with Crippen LogP contribution < -0.4 is 15.8 Å². The topological polar surface area (TPSA) is 97.5 Å². The third-order valence-electron chi connectivity index (χ3n) is 2.79. The van der Waals surface area contributed by atoms with Gasteiger partial charge in [0.25, 0.3) is 0 Å². The van der Waals surface area contributed by atoms with Gasteiger partial charge in [-0.05, 0) is 29.8 Å². The lowest BCUT2D eigenvalue weighted by Gasteiger charge is -2.10. The molecule has 0 radical (unpaired) electrons. The third-order valence-corrected chi connectivity index (χ3v) is 2.79. The van der Waals surface area contributed by atoms with Gasteiger partial charge in [0.1, 0.15) is 0 Å². The number of nitrogens with one attached hydrogen (secondary N) is 1. The molecule has 0 atom stereocenters. The minimum Gasteiger partial charge on any atom is -0.481 e. The van der Waals surface area contributed by atoms with E-state index in [-0.39, 0.29) is 5.56 Å². The van der Waals surface area contributed by atoms with E-state index in [2.05, 4.69) is 10.3 Å². The van der Waals surface area contributed by atoms with E-state index in [1.54, 1.807) is 25.4 Å². The van der Waals surface area contributed by atoms with Crippen LogP contribution in [-0.4, -0.2) is 23.2 Å². The number of hydrogen-bond acceptors (Lipinski definition) is 5. The third kappa shape index (κ3) is 3.17. The van der Waals surface area contributed by atoms with Crippen LogP contribution in [0, 0.1) is 0 Å². The van der Waals surface area contributed by atoms with Crippen molar-refractivity contribution in [2.45, 2.75) is 6.54 Å². The van der Waals surface area contributed by atoms with Crippen LogP contribution in [0.4, 0.5) is 11.4 Å². The lowest BCUT2D eigenvalue weighted by atomic mass is 10.1. The molecule has 0 fully saturated rings. The molecule has 104 valence electrons. The Hall–Kier alpha value is -2.76. The fourth-order valence-electron chi connectivity index (χ4n) is 1.71. The SMILES string of the molecule is COc1cc(CNc2cc(C(=O)O)ccc2N)ccn1. The van der Waals surface area contributed by atoms with Crippen LogP contribution in [0.3, 0.4) is 0 Å². The Morgan fingerprint density at radius 1 is 1.40 bits per heavy atom. The number of aromatic nitrogens is 1. The molecule has 2 rings (SSSR count). The van der Waals surface area contributed by atoms with Crippen LogP contribution in [0.1, 0.15) is 15.9 Å². The molecule has 0 aliphatic rings. The Morgan fingerprint density at radius 2 is 2.20 bits per heavy atom. The number of nitrogens with zero attached hydrogens (tertiary/aromatic N) is 1. The van der Waals surface area contributed by atoms with E-state index >= 15 is 0 Å². The Labute approximate surface area is 116 Å². The average Bonchev–Trinajstić information content (AvgIpc) is 2.46. The van der Waals surface area contributed by atoms with Crippen molar-refractivity contribution in [2.75, 3.05) is 18.2 Å². The molecule has 6 nitrogen and oxygen atoms in total. The highest BCUT2D eigenvalue weighted by molar-refractivity contribution is 5.90. The summed E-state index contributed by atoms with van der Waals surface area (Å²) in [6.07, 6.45) is 1.65. The number of pyridine rings is 1. The highest BCUT2D eigenvalue weighted by atomic mass is 16.5. The maximum Gasteiger partial charge on any atom is 0.335 e. The Morgan fingerprint density at radius 3 is 2.90 bits per heavy atom. The molecule has 1 aromatic carbocycles. The first-order valence-electron chi connectivity index (χ1n) is 5.96. The second-order valence-corrected chi connectivity index (χ2v) is 4.17. The van der Waals surface area contributed by atoms with E-state index in [1.807, 2.05) is 6.07 Å². The summed E-state index contributed by atoms with van der Waals surface area (Å²) in [7, 11) is 1.55. The number of carboxylic acids is 1. The number of benzene rings is 1. The second-order valence-electron chi connectivity index (χ2n) is 4.17. The van der Waals surface area contributed by atoms with Gasteiger partial charge in [0, 0.05) is 18.8 Å². The first-order chi connectivity index (χ1) is 9.60. The molecule has 0 amide bonds. The lowest BCUT2D eigenvalue weighted by Crippen LogP contribution is -2.05. The highest BCUT2D eigenvalue weighted by Gasteiger charge is 2.06. The number of carboxylic acid groups (broad SMARTS) is 1. The molecule has 0 aliphatic heterocycles. The molecule has 4 N–H and O–H groups in total. The van der Waals surface area contributed by atoms with Gasteiger partial charge < -0.3 is 20.9 Å². The summed E-state index contributed by atoms with van der Waals surface area (Å²) in [5, 5.41) is 12.1. The standard InChI is InChI=1S/C14H15N3O3/c1-20-13-6-9(4-5-16-13)8-17-12-7-10(14(18)19)2-3-11(12)15/h2-7,17H,8,15H2,1H3,(H,18,19). The van der Waals surface area contributed by atoms with Gasteiger partial charge in [0.15, 0.2) is 0 Å². The number of nitrogen functional groups attached to an aromatic ring is 1. The molecular weight excluding hydrogens is 258 g/mol. The van der Waals surface area contributed by atoms with Gasteiger partial charge in [-0.3, -0.25) is 0 Å².